The van der Waals surface area contributed by atoms with Gasteiger partial charge in [-0.15, -0.1) is 0 Å². The normalized spacial score (nSPS) is 25.2. The molecule has 0 bridgehead atoms. The molecule has 0 aliphatic carbocycles. The lowest BCUT2D eigenvalue weighted by molar-refractivity contribution is 0.105. The molecule has 0 aromatic heterocycles. The SMILES string of the molecule is CC1=C(C)CN(C2CCN(CC(C)C)CC2)CC1. The van der Waals surface area contributed by atoms with Crippen molar-refractivity contribution in [3.05, 3.63) is 11.1 Å². The van der Waals surface area contributed by atoms with Crippen LogP contribution in [0.3, 0.4) is 0 Å². The molecule has 2 heteroatoms. The molecule has 2 aliphatic heterocycles. The van der Waals surface area contributed by atoms with Crippen LogP contribution < -0.4 is 0 Å². The van der Waals surface area contributed by atoms with E-state index in [-0.39, 0.29) is 0 Å². The predicted octanol–water partition coefficient (Wildman–Crippen LogP) is 3.15. The summed E-state index contributed by atoms with van der Waals surface area (Å²) in [6.07, 6.45) is 4.04. The Kier molecular flexibility index (Phi) is 4.85. The minimum Gasteiger partial charge on any atom is -0.303 e. The predicted molar refractivity (Wildman–Crippen MR) is 78.9 cm³/mol. The van der Waals surface area contributed by atoms with Crippen LogP contribution in [0.25, 0.3) is 0 Å². The van der Waals surface area contributed by atoms with Crippen molar-refractivity contribution in [3.8, 4) is 0 Å². The van der Waals surface area contributed by atoms with Crippen molar-refractivity contribution >= 4 is 0 Å². The van der Waals surface area contributed by atoms with Crippen molar-refractivity contribution in [1.29, 1.82) is 0 Å². The average Bonchev–Trinajstić information content (AvgIpc) is 2.33. The number of likely N-dealkylation sites (tertiary alicyclic amines) is 1. The van der Waals surface area contributed by atoms with E-state index in [9.17, 15) is 0 Å². The van der Waals surface area contributed by atoms with E-state index in [1.165, 1.54) is 52.0 Å². The van der Waals surface area contributed by atoms with Gasteiger partial charge in [0.15, 0.2) is 0 Å². The van der Waals surface area contributed by atoms with Crippen molar-refractivity contribution in [3.63, 3.8) is 0 Å². The first-order valence-electron chi connectivity index (χ1n) is 7.68. The van der Waals surface area contributed by atoms with Gasteiger partial charge in [0.25, 0.3) is 0 Å². The third-order valence-electron chi connectivity index (χ3n) is 4.64. The van der Waals surface area contributed by atoms with Crippen molar-refractivity contribution < 1.29 is 0 Å². The Morgan fingerprint density at radius 3 is 2.28 bits per heavy atom. The summed E-state index contributed by atoms with van der Waals surface area (Å²) in [6.45, 7) is 15.7. The molecule has 104 valence electrons. The van der Waals surface area contributed by atoms with Gasteiger partial charge in [0.2, 0.25) is 0 Å². The van der Waals surface area contributed by atoms with Crippen LogP contribution in [0.5, 0.6) is 0 Å². The highest BCUT2D eigenvalue weighted by Crippen LogP contribution is 2.24. The molecule has 0 amide bonds. The van der Waals surface area contributed by atoms with Gasteiger partial charge in [0, 0.05) is 25.7 Å². The molecule has 18 heavy (non-hydrogen) atoms. The molecule has 0 unspecified atom stereocenters. The molecular formula is C16H30N2. The van der Waals surface area contributed by atoms with Crippen LogP contribution in [-0.4, -0.2) is 48.6 Å². The van der Waals surface area contributed by atoms with E-state index >= 15 is 0 Å². The smallest absolute Gasteiger partial charge is 0.0195 e. The second kappa shape index (κ2) is 6.21. The summed E-state index contributed by atoms with van der Waals surface area (Å²) < 4.78 is 0. The molecule has 0 aromatic rings. The Balaban J connectivity index is 1.80. The Morgan fingerprint density at radius 1 is 1.06 bits per heavy atom. The quantitative estimate of drug-likeness (QED) is 0.710. The highest BCUT2D eigenvalue weighted by Gasteiger charge is 2.26. The molecule has 2 nitrogen and oxygen atoms in total. The summed E-state index contributed by atoms with van der Waals surface area (Å²) >= 11 is 0. The number of hydrogen-bond acceptors (Lipinski definition) is 2. The van der Waals surface area contributed by atoms with Gasteiger partial charge in [-0.1, -0.05) is 25.0 Å². The van der Waals surface area contributed by atoms with Gasteiger partial charge in [-0.05, 0) is 52.1 Å². The molecule has 2 rings (SSSR count). The van der Waals surface area contributed by atoms with Crippen molar-refractivity contribution in [2.24, 2.45) is 5.92 Å². The van der Waals surface area contributed by atoms with Crippen molar-refractivity contribution in [2.45, 2.75) is 53.0 Å². The third kappa shape index (κ3) is 3.58. The molecule has 0 atom stereocenters. The maximum absolute atomic E-state index is 2.73. The summed E-state index contributed by atoms with van der Waals surface area (Å²) in [5.41, 5.74) is 3.24. The maximum Gasteiger partial charge on any atom is 0.0195 e. The largest absolute Gasteiger partial charge is 0.303 e. The van der Waals surface area contributed by atoms with Gasteiger partial charge in [-0.3, -0.25) is 4.90 Å². The second-order valence-electron chi connectivity index (χ2n) is 6.71. The molecule has 1 saturated heterocycles. The molecule has 2 aliphatic rings. The summed E-state index contributed by atoms with van der Waals surface area (Å²) in [7, 11) is 0. The molecule has 0 radical (unpaired) electrons. The Bertz CT molecular complexity index is 298. The summed E-state index contributed by atoms with van der Waals surface area (Å²) in [5, 5.41) is 0. The molecule has 0 saturated carbocycles. The van der Waals surface area contributed by atoms with E-state index in [0.29, 0.717) is 0 Å². The molecule has 0 spiro atoms. The van der Waals surface area contributed by atoms with E-state index in [1.807, 2.05) is 0 Å². The highest BCUT2D eigenvalue weighted by molar-refractivity contribution is 5.15. The van der Waals surface area contributed by atoms with E-state index in [2.05, 4.69) is 37.5 Å². The Morgan fingerprint density at radius 2 is 1.72 bits per heavy atom. The van der Waals surface area contributed by atoms with Gasteiger partial charge < -0.3 is 4.90 Å². The fourth-order valence-electron chi connectivity index (χ4n) is 3.34. The van der Waals surface area contributed by atoms with E-state index in [0.717, 1.165) is 12.0 Å². The van der Waals surface area contributed by atoms with Gasteiger partial charge in [0.05, 0.1) is 0 Å². The molecule has 2 heterocycles. The van der Waals surface area contributed by atoms with Crippen LogP contribution in [0.2, 0.25) is 0 Å². The molecule has 0 aromatic carbocycles. The number of nitrogens with zero attached hydrogens (tertiary/aromatic N) is 2. The van der Waals surface area contributed by atoms with Crippen LogP contribution in [0.1, 0.15) is 47.0 Å². The van der Waals surface area contributed by atoms with Gasteiger partial charge in [-0.2, -0.15) is 0 Å². The van der Waals surface area contributed by atoms with Crippen LogP contribution >= 0.6 is 0 Å². The van der Waals surface area contributed by atoms with Crippen LogP contribution in [-0.2, 0) is 0 Å². The zero-order chi connectivity index (χ0) is 13.1. The first-order chi connectivity index (χ1) is 8.56. The van der Waals surface area contributed by atoms with Gasteiger partial charge in [-0.25, -0.2) is 0 Å². The van der Waals surface area contributed by atoms with Gasteiger partial charge >= 0.3 is 0 Å². The van der Waals surface area contributed by atoms with Crippen LogP contribution in [0.4, 0.5) is 0 Å². The molecule has 1 fully saturated rings. The number of rotatable bonds is 3. The van der Waals surface area contributed by atoms with E-state index < -0.39 is 0 Å². The topological polar surface area (TPSA) is 6.48 Å². The lowest BCUT2D eigenvalue weighted by Crippen LogP contribution is -2.47. The fourth-order valence-corrected chi connectivity index (χ4v) is 3.34. The summed E-state index contributed by atoms with van der Waals surface area (Å²) in [6, 6.07) is 0.844. The highest BCUT2D eigenvalue weighted by atomic mass is 15.2. The fraction of sp³-hybridized carbons (Fsp3) is 0.875. The van der Waals surface area contributed by atoms with Crippen LogP contribution in [0, 0.1) is 5.92 Å². The van der Waals surface area contributed by atoms with E-state index in [1.54, 1.807) is 11.1 Å². The van der Waals surface area contributed by atoms with Crippen molar-refractivity contribution in [1.82, 2.24) is 9.80 Å². The van der Waals surface area contributed by atoms with E-state index in [4.69, 9.17) is 0 Å². The minimum atomic E-state index is 0.810. The zero-order valence-electron chi connectivity index (χ0n) is 12.7. The minimum absolute atomic E-state index is 0.810. The standard InChI is InChI=1S/C16H30N2/c1-13(2)11-17-8-6-16(7-9-17)18-10-5-14(3)15(4)12-18/h13,16H,5-12H2,1-4H3. The molecule has 0 N–H and O–H groups in total. The second-order valence-corrected chi connectivity index (χ2v) is 6.71. The van der Waals surface area contributed by atoms with Gasteiger partial charge in [0.1, 0.15) is 0 Å². The van der Waals surface area contributed by atoms with Crippen molar-refractivity contribution in [2.75, 3.05) is 32.7 Å². The van der Waals surface area contributed by atoms with Crippen LogP contribution in [0.15, 0.2) is 11.1 Å². The third-order valence-corrected chi connectivity index (χ3v) is 4.64. The molecular weight excluding hydrogens is 220 g/mol. The Hall–Kier alpha value is -0.340. The number of piperidine rings is 1. The Labute approximate surface area is 113 Å². The zero-order valence-corrected chi connectivity index (χ0v) is 12.7. The first-order valence-corrected chi connectivity index (χ1v) is 7.68. The summed E-state index contributed by atoms with van der Waals surface area (Å²) in [5.74, 6) is 0.810. The average molecular weight is 250 g/mol. The lowest BCUT2D eigenvalue weighted by Gasteiger charge is -2.41. The number of hydrogen-bond donors (Lipinski definition) is 0. The first kappa shape index (κ1) is 14.1. The summed E-state index contributed by atoms with van der Waals surface area (Å²) in [4.78, 5) is 5.38. The lowest BCUT2D eigenvalue weighted by atomic mass is 9.96. The maximum atomic E-state index is 2.73. The monoisotopic (exact) mass is 250 g/mol.